The zero-order valence-electron chi connectivity index (χ0n) is 23.3. The third-order valence-electron chi connectivity index (χ3n) is 7.20. The van der Waals surface area contributed by atoms with Crippen molar-refractivity contribution >= 4 is 44.5 Å². The van der Waals surface area contributed by atoms with Crippen LogP contribution in [-0.2, 0) is 19.6 Å². The SMILES string of the molecule is CCCCCCOc1ccc(NC(=O)C[C@@H]2SC(=NS(=O)(=O)c3ccc(C)cc3)N(C3CCCCC3)C2=O)cc1. The summed E-state index contributed by atoms with van der Waals surface area (Å²) in [6, 6.07) is 13.6. The van der Waals surface area contributed by atoms with Crippen molar-refractivity contribution < 1.29 is 22.7 Å². The molecule has 216 valence electrons. The molecule has 10 heteroatoms. The van der Waals surface area contributed by atoms with Gasteiger partial charge in [0.25, 0.3) is 10.0 Å². The maximum atomic E-state index is 13.5. The van der Waals surface area contributed by atoms with E-state index in [1.165, 1.54) is 25.0 Å². The number of nitrogens with zero attached hydrogens (tertiary/aromatic N) is 2. The van der Waals surface area contributed by atoms with Crippen LogP contribution in [0.2, 0.25) is 0 Å². The normalized spacial score (nSPS) is 19.2. The predicted molar refractivity (Wildman–Crippen MR) is 160 cm³/mol. The first-order chi connectivity index (χ1) is 19.3. The van der Waals surface area contributed by atoms with Gasteiger partial charge in [0.1, 0.15) is 11.0 Å². The summed E-state index contributed by atoms with van der Waals surface area (Å²) in [5.74, 6) is 0.178. The van der Waals surface area contributed by atoms with E-state index in [0.29, 0.717) is 12.3 Å². The van der Waals surface area contributed by atoms with Gasteiger partial charge < -0.3 is 10.1 Å². The highest BCUT2D eigenvalue weighted by atomic mass is 32.2. The van der Waals surface area contributed by atoms with Crippen molar-refractivity contribution in [1.82, 2.24) is 4.90 Å². The number of benzene rings is 2. The minimum atomic E-state index is -4.01. The Morgan fingerprint density at radius 1 is 1.02 bits per heavy atom. The Kier molecular flexibility index (Phi) is 10.7. The molecule has 2 amide bonds. The third-order valence-corrected chi connectivity index (χ3v) is 9.75. The van der Waals surface area contributed by atoms with Crippen LogP contribution in [-0.4, -0.2) is 48.2 Å². The Bertz CT molecular complexity index is 1290. The van der Waals surface area contributed by atoms with Crippen LogP contribution in [0, 0.1) is 6.92 Å². The second-order valence-corrected chi connectivity index (χ2v) is 13.2. The average molecular weight is 586 g/mol. The zero-order valence-corrected chi connectivity index (χ0v) is 24.9. The lowest BCUT2D eigenvalue weighted by atomic mass is 9.94. The summed E-state index contributed by atoms with van der Waals surface area (Å²) in [6.45, 7) is 4.71. The van der Waals surface area contributed by atoms with E-state index in [9.17, 15) is 18.0 Å². The first-order valence-corrected chi connectivity index (χ1v) is 16.5. The Morgan fingerprint density at radius 2 is 1.73 bits per heavy atom. The molecule has 1 saturated carbocycles. The molecular formula is C30H39N3O5S2. The molecule has 40 heavy (non-hydrogen) atoms. The highest BCUT2D eigenvalue weighted by Crippen LogP contribution is 2.36. The van der Waals surface area contributed by atoms with Crippen LogP contribution >= 0.6 is 11.8 Å². The molecule has 4 rings (SSSR count). The molecule has 2 aliphatic rings. The lowest BCUT2D eigenvalue weighted by Gasteiger charge is -2.30. The van der Waals surface area contributed by atoms with E-state index in [1.807, 2.05) is 19.1 Å². The van der Waals surface area contributed by atoms with Gasteiger partial charge in [-0.1, -0.05) is 74.9 Å². The van der Waals surface area contributed by atoms with Crippen LogP contribution in [0.25, 0.3) is 0 Å². The summed E-state index contributed by atoms with van der Waals surface area (Å²) in [5, 5.41) is 2.28. The Morgan fingerprint density at radius 3 is 2.40 bits per heavy atom. The molecule has 0 aromatic heterocycles. The molecule has 0 spiro atoms. The van der Waals surface area contributed by atoms with Gasteiger partial charge in [-0.25, -0.2) is 0 Å². The van der Waals surface area contributed by atoms with Crippen LogP contribution < -0.4 is 10.1 Å². The molecule has 1 heterocycles. The number of hydrogen-bond donors (Lipinski definition) is 1. The summed E-state index contributed by atoms with van der Waals surface area (Å²) in [7, 11) is -4.01. The van der Waals surface area contributed by atoms with Crippen LogP contribution in [0.15, 0.2) is 57.8 Å². The first-order valence-electron chi connectivity index (χ1n) is 14.2. The van der Waals surface area contributed by atoms with Crippen molar-refractivity contribution in [2.45, 2.75) is 94.2 Å². The van der Waals surface area contributed by atoms with Gasteiger partial charge in [-0.15, -0.1) is 4.40 Å². The van der Waals surface area contributed by atoms with Crippen molar-refractivity contribution in [3.63, 3.8) is 0 Å². The van der Waals surface area contributed by atoms with E-state index in [1.54, 1.807) is 29.2 Å². The highest BCUT2D eigenvalue weighted by Gasteiger charge is 2.43. The number of carbonyl (C=O) groups excluding carboxylic acids is 2. The number of ether oxygens (including phenoxy) is 1. The van der Waals surface area contributed by atoms with Crippen LogP contribution in [0.5, 0.6) is 5.75 Å². The van der Waals surface area contributed by atoms with Gasteiger partial charge in [0, 0.05) is 18.2 Å². The summed E-state index contributed by atoms with van der Waals surface area (Å²) in [6.07, 6.45) is 9.08. The molecule has 0 bridgehead atoms. The zero-order chi connectivity index (χ0) is 28.5. The largest absolute Gasteiger partial charge is 0.494 e. The Labute approximate surface area is 242 Å². The lowest BCUT2D eigenvalue weighted by molar-refractivity contribution is -0.130. The maximum Gasteiger partial charge on any atom is 0.284 e. The van der Waals surface area contributed by atoms with Gasteiger partial charge in [0.05, 0.1) is 11.5 Å². The van der Waals surface area contributed by atoms with Gasteiger partial charge in [-0.3, -0.25) is 14.5 Å². The number of nitrogens with one attached hydrogen (secondary N) is 1. The molecule has 2 aromatic rings. The second kappa shape index (κ2) is 14.2. The van der Waals surface area contributed by atoms with E-state index >= 15 is 0 Å². The Hall–Kier alpha value is -2.85. The Balaban J connectivity index is 1.42. The third kappa shape index (κ3) is 8.10. The van der Waals surface area contributed by atoms with Crippen molar-refractivity contribution in [3.8, 4) is 5.75 Å². The number of aryl methyl sites for hydroxylation is 1. The molecular weight excluding hydrogens is 546 g/mol. The number of carbonyl (C=O) groups is 2. The van der Waals surface area contributed by atoms with Crippen LogP contribution in [0.3, 0.4) is 0 Å². The number of sulfonamides is 1. The molecule has 1 atom stereocenters. The number of amides is 2. The van der Waals surface area contributed by atoms with Crippen molar-refractivity contribution in [3.05, 3.63) is 54.1 Å². The quantitative estimate of drug-likeness (QED) is 0.293. The van der Waals surface area contributed by atoms with Gasteiger partial charge >= 0.3 is 0 Å². The fraction of sp³-hybridized carbons (Fsp3) is 0.500. The van der Waals surface area contributed by atoms with Crippen molar-refractivity contribution in [1.29, 1.82) is 0 Å². The number of rotatable bonds is 12. The van der Waals surface area contributed by atoms with Gasteiger partial charge in [0.15, 0.2) is 5.17 Å². The molecule has 0 unspecified atom stereocenters. The average Bonchev–Trinajstić information content (AvgIpc) is 3.23. The fourth-order valence-corrected chi connectivity index (χ4v) is 7.35. The minimum Gasteiger partial charge on any atom is -0.494 e. The van der Waals surface area contributed by atoms with Crippen LogP contribution in [0.1, 0.15) is 76.7 Å². The minimum absolute atomic E-state index is 0.0774. The molecule has 0 radical (unpaired) electrons. The number of hydrogen-bond acceptors (Lipinski definition) is 6. The summed E-state index contributed by atoms with van der Waals surface area (Å²) in [4.78, 5) is 28.1. The smallest absolute Gasteiger partial charge is 0.284 e. The molecule has 1 aliphatic carbocycles. The van der Waals surface area contributed by atoms with Crippen molar-refractivity contribution in [2.75, 3.05) is 11.9 Å². The topological polar surface area (TPSA) is 105 Å². The predicted octanol–water partition coefficient (Wildman–Crippen LogP) is 6.30. The summed E-state index contributed by atoms with van der Waals surface area (Å²) < 4.78 is 36.1. The fourth-order valence-electron chi connectivity index (χ4n) is 4.95. The second-order valence-electron chi connectivity index (χ2n) is 10.5. The summed E-state index contributed by atoms with van der Waals surface area (Å²) in [5.41, 5.74) is 1.55. The number of amidine groups is 1. The molecule has 1 N–H and O–H groups in total. The highest BCUT2D eigenvalue weighted by molar-refractivity contribution is 8.16. The van der Waals surface area contributed by atoms with E-state index in [2.05, 4.69) is 16.6 Å². The maximum absolute atomic E-state index is 13.5. The van der Waals surface area contributed by atoms with Crippen molar-refractivity contribution in [2.24, 2.45) is 4.40 Å². The van der Waals surface area contributed by atoms with Gasteiger partial charge in [-0.05, 0) is 62.6 Å². The van der Waals surface area contributed by atoms with Crippen LogP contribution in [0.4, 0.5) is 5.69 Å². The van der Waals surface area contributed by atoms with E-state index in [0.717, 1.165) is 68.0 Å². The molecule has 8 nitrogen and oxygen atoms in total. The monoisotopic (exact) mass is 585 g/mol. The van der Waals surface area contributed by atoms with Gasteiger partial charge in [-0.2, -0.15) is 8.42 Å². The number of unbranched alkanes of at least 4 members (excludes halogenated alkanes) is 3. The first kappa shape index (κ1) is 30.1. The standard InChI is InChI=1S/C30H39N3O5S2/c1-3-4-5-9-20-38-25-16-14-23(15-17-25)31-28(34)21-27-29(35)33(24-10-7-6-8-11-24)30(39-27)32-40(36,37)26-18-12-22(2)13-19-26/h12-19,24,27H,3-11,20-21H2,1-2H3,(H,31,34)/t27-/m0/s1. The molecule has 2 aromatic carbocycles. The molecule has 2 fully saturated rings. The number of thioether (sulfide) groups is 1. The molecule has 1 saturated heterocycles. The van der Waals surface area contributed by atoms with E-state index in [4.69, 9.17) is 4.74 Å². The van der Waals surface area contributed by atoms with Gasteiger partial charge in [0.2, 0.25) is 11.8 Å². The van der Waals surface area contributed by atoms with E-state index < -0.39 is 15.3 Å². The lowest BCUT2D eigenvalue weighted by Crippen LogP contribution is -2.42. The number of anilines is 1. The molecule has 1 aliphatic heterocycles. The van der Waals surface area contributed by atoms with E-state index in [-0.39, 0.29) is 34.3 Å². The summed E-state index contributed by atoms with van der Waals surface area (Å²) >= 11 is 1.07.